The minimum Gasteiger partial charge on any atom is -0.481 e. The summed E-state index contributed by atoms with van der Waals surface area (Å²) in [7, 11) is 0. The fraction of sp³-hybridized carbons (Fsp3) is 0.158. The molecule has 0 bridgehead atoms. The van der Waals surface area contributed by atoms with E-state index in [2.05, 4.69) is 10.3 Å². The smallest absolute Gasteiger partial charge is 0.261 e. The molecule has 3 rings (SSSR count). The molecule has 1 aromatic heterocycles. The fourth-order valence-corrected chi connectivity index (χ4v) is 2.30. The Hall–Kier alpha value is -3.15. The van der Waals surface area contributed by atoms with Crippen molar-refractivity contribution < 1.29 is 13.9 Å². The first-order valence-electron chi connectivity index (χ1n) is 7.89. The van der Waals surface area contributed by atoms with E-state index >= 15 is 0 Å². The zero-order valence-corrected chi connectivity index (χ0v) is 13.7. The number of benzene rings is 2. The van der Waals surface area contributed by atoms with Gasteiger partial charge in [-0.15, -0.1) is 0 Å². The first-order chi connectivity index (χ1) is 12.1. The van der Waals surface area contributed by atoms with Crippen LogP contribution >= 0.6 is 0 Å². The Kier molecular flexibility index (Phi) is 5.09. The van der Waals surface area contributed by atoms with Crippen molar-refractivity contribution in [1.29, 1.82) is 0 Å². The van der Waals surface area contributed by atoms with Crippen molar-refractivity contribution in [3.8, 4) is 11.4 Å². The number of carbonyl (C=O) groups is 1. The lowest BCUT2D eigenvalue weighted by molar-refractivity contribution is -0.127. The van der Waals surface area contributed by atoms with E-state index in [4.69, 9.17) is 4.74 Å². The highest BCUT2D eigenvalue weighted by molar-refractivity contribution is 5.80. The van der Waals surface area contributed by atoms with Gasteiger partial charge in [0.2, 0.25) is 0 Å². The quantitative estimate of drug-likeness (QED) is 0.751. The van der Waals surface area contributed by atoms with Crippen molar-refractivity contribution in [1.82, 2.24) is 14.9 Å². The Balaban J connectivity index is 1.52. The zero-order chi connectivity index (χ0) is 17.6. The van der Waals surface area contributed by atoms with Crippen LogP contribution in [0.5, 0.6) is 5.75 Å². The molecular formula is C19H18FN3O2. The summed E-state index contributed by atoms with van der Waals surface area (Å²) in [6.45, 7) is 2.06. The molecule has 1 atom stereocenters. The predicted molar refractivity (Wildman–Crippen MR) is 91.9 cm³/mol. The molecule has 128 valence electrons. The molecule has 0 unspecified atom stereocenters. The third kappa shape index (κ3) is 4.44. The number of hydrogen-bond acceptors (Lipinski definition) is 3. The van der Waals surface area contributed by atoms with Crippen LogP contribution < -0.4 is 10.1 Å². The van der Waals surface area contributed by atoms with Crippen LogP contribution in [0.3, 0.4) is 0 Å². The summed E-state index contributed by atoms with van der Waals surface area (Å²) in [6.07, 6.45) is 4.64. The normalized spacial score (nSPS) is 11.8. The molecule has 5 nitrogen and oxygen atoms in total. The van der Waals surface area contributed by atoms with Gasteiger partial charge >= 0.3 is 0 Å². The van der Waals surface area contributed by atoms with E-state index in [1.807, 2.05) is 35.0 Å². The maximum atomic E-state index is 12.9. The lowest BCUT2D eigenvalue weighted by Crippen LogP contribution is -2.35. The van der Waals surface area contributed by atoms with Gasteiger partial charge in [-0.25, -0.2) is 9.37 Å². The van der Waals surface area contributed by atoms with Gasteiger partial charge in [-0.1, -0.05) is 12.1 Å². The Morgan fingerprint density at radius 2 is 1.92 bits per heavy atom. The van der Waals surface area contributed by atoms with E-state index in [1.165, 1.54) is 24.3 Å². The van der Waals surface area contributed by atoms with E-state index in [1.54, 1.807) is 19.4 Å². The second-order valence-corrected chi connectivity index (χ2v) is 5.57. The number of rotatable bonds is 6. The molecule has 0 saturated carbocycles. The Morgan fingerprint density at radius 3 is 2.56 bits per heavy atom. The molecule has 2 aromatic carbocycles. The lowest BCUT2D eigenvalue weighted by atomic mass is 10.2. The van der Waals surface area contributed by atoms with Gasteiger partial charge in [-0.05, 0) is 48.9 Å². The molecule has 1 heterocycles. The highest BCUT2D eigenvalue weighted by atomic mass is 19.1. The van der Waals surface area contributed by atoms with E-state index in [0.717, 1.165) is 11.3 Å². The van der Waals surface area contributed by atoms with Crippen LogP contribution in [0.25, 0.3) is 5.69 Å². The molecule has 1 N–H and O–H groups in total. The number of hydrogen-bond donors (Lipinski definition) is 1. The molecule has 0 aliphatic heterocycles. The van der Waals surface area contributed by atoms with E-state index < -0.39 is 6.10 Å². The molecular weight excluding hydrogens is 321 g/mol. The zero-order valence-electron chi connectivity index (χ0n) is 13.7. The minimum atomic E-state index is -0.671. The third-order valence-corrected chi connectivity index (χ3v) is 3.70. The van der Waals surface area contributed by atoms with Crippen molar-refractivity contribution in [3.05, 3.63) is 78.6 Å². The van der Waals surface area contributed by atoms with Crippen LogP contribution in [0.15, 0.2) is 67.3 Å². The van der Waals surface area contributed by atoms with Crippen LogP contribution in [0.4, 0.5) is 4.39 Å². The second-order valence-electron chi connectivity index (χ2n) is 5.57. The first-order valence-corrected chi connectivity index (χ1v) is 7.89. The highest BCUT2D eigenvalue weighted by Gasteiger charge is 2.14. The first kappa shape index (κ1) is 16.7. The molecule has 25 heavy (non-hydrogen) atoms. The molecule has 1 amide bonds. The summed E-state index contributed by atoms with van der Waals surface area (Å²) >= 11 is 0. The van der Waals surface area contributed by atoms with Crippen molar-refractivity contribution in [2.75, 3.05) is 0 Å². The number of halogens is 1. The Morgan fingerprint density at radius 1 is 1.20 bits per heavy atom. The third-order valence-electron chi connectivity index (χ3n) is 3.70. The van der Waals surface area contributed by atoms with Gasteiger partial charge in [0.05, 0.1) is 6.33 Å². The standard InChI is InChI=1S/C19H18FN3O2/c1-14(25-18-8-4-16(20)5-9-18)19(24)22-12-15-2-6-17(7-3-15)23-11-10-21-13-23/h2-11,13-14H,12H2,1H3,(H,22,24)/t14-/m0/s1. The molecule has 0 saturated heterocycles. The summed E-state index contributed by atoms with van der Waals surface area (Å²) in [5.74, 6) is -0.125. The monoisotopic (exact) mass is 339 g/mol. The molecule has 0 radical (unpaired) electrons. The number of imidazole rings is 1. The van der Waals surface area contributed by atoms with Gasteiger partial charge in [0.25, 0.3) is 5.91 Å². The number of nitrogens with one attached hydrogen (secondary N) is 1. The number of nitrogens with zero attached hydrogens (tertiary/aromatic N) is 2. The van der Waals surface area contributed by atoms with Crippen molar-refractivity contribution in [2.24, 2.45) is 0 Å². The molecule has 0 fully saturated rings. The van der Waals surface area contributed by atoms with Crippen molar-refractivity contribution in [2.45, 2.75) is 19.6 Å². The number of amides is 1. The van der Waals surface area contributed by atoms with Gasteiger partial charge in [-0.3, -0.25) is 4.79 Å². The summed E-state index contributed by atoms with van der Waals surface area (Å²) in [5.41, 5.74) is 1.98. The minimum absolute atomic E-state index is 0.233. The number of ether oxygens (including phenoxy) is 1. The van der Waals surface area contributed by atoms with E-state index in [-0.39, 0.29) is 11.7 Å². The van der Waals surface area contributed by atoms with Crippen LogP contribution in [-0.2, 0) is 11.3 Å². The maximum absolute atomic E-state index is 12.9. The Bertz CT molecular complexity index is 815. The van der Waals surface area contributed by atoms with Crippen LogP contribution in [-0.4, -0.2) is 21.6 Å². The van der Waals surface area contributed by atoms with Crippen molar-refractivity contribution >= 4 is 5.91 Å². The molecule has 3 aromatic rings. The largest absolute Gasteiger partial charge is 0.481 e. The van der Waals surface area contributed by atoms with Gasteiger partial charge in [0.1, 0.15) is 11.6 Å². The summed E-state index contributed by atoms with van der Waals surface area (Å²) in [5, 5.41) is 2.83. The van der Waals surface area contributed by atoms with E-state index in [0.29, 0.717) is 12.3 Å². The lowest BCUT2D eigenvalue weighted by Gasteiger charge is -2.15. The highest BCUT2D eigenvalue weighted by Crippen LogP contribution is 2.13. The predicted octanol–water partition coefficient (Wildman–Crippen LogP) is 3.10. The molecule has 0 aliphatic carbocycles. The fourth-order valence-electron chi connectivity index (χ4n) is 2.30. The van der Waals surface area contributed by atoms with Crippen LogP contribution in [0, 0.1) is 5.82 Å². The SMILES string of the molecule is C[C@H](Oc1ccc(F)cc1)C(=O)NCc1ccc(-n2ccnc2)cc1. The number of aromatic nitrogens is 2. The summed E-state index contributed by atoms with van der Waals surface area (Å²) in [4.78, 5) is 16.1. The van der Waals surface area contributed by atoms with Gasteiger partial charge < -0.3 is 14.6 Å². The van der Waals surface area contributed by atoms with Crippen LogP contribution in [0.2, 0.25) is 0 Å². The van der Waals surface area contributed by atoms with Crippen molar-refractivity contribution in [3.63, 3.8) is 0 Å². The second kappa shape index (κ2) is 7.61. The number of carbonyl (C=O) groups excluding carboxylic acids is 1. The average molecular weight is 339 g/mol. The Labute approximate surface area is 145 Å². The maximum Gasteiger partial charge on any atom is 0.261 e. The van der Waals surface area contributed by atoms with Gasteiger partial charge in [0.15, 0.2) is 6.10 Å². The topological polar surface area (TPSA) is 56.1 Å². The van der Waals surface area contributed by atoms with E-state index in [9.17, 15) is 9.18 Å². The van der Waals surface area contributed by atoms with Gasteiger partial charge in [-0.2, -0.15) is 0 Å². The molecule has 6 heteroatoms. The van der Waals surface area contributed by atoms with Gasteiger partial charge in [0, 0.05) is 24.6 Å². The summed E-state index contributed by atoms with van der Waals surface area (Å²) < 4.78 is 20.3. The molecule has 0 spiro atoms. The summed E-state index contributed by atoms with van der Waals surface area (Å²) in [6, 6.07) is 13.4. The van der Waals surface area contributed by atoms with Crippen LogP contribution in [0.1, 0.15) is 12.5 Å². The average Bonchev–Trinajstić information content (AvgIpc) is 3.16. The molecule has 0 aliphatic rings.